The molecule has 0 aromatic heterocycles. The number of nitrogens with one attached hydrogen (secondary N) is 1. The van der Waals surface area contributed by atoms with Crippen LogP contribution in [0.2, 0.25) is 0 Å². The van der Waals surface area contributed by atoms with E-state index in [4.69, 9.17) is 10.5 Å². The fourth-order valence-electron chi connectivity index (χ4n) is 3.74. The van der Waals surface area contributed by atoms with Crippen molar-refractivity contribution >= 4 is 11.8 Å². The maximum atomic E-state index is 12.6. The van der Waals surface area contributed by atoms with Gasteiger partial charge in [0, 0.05) is 32.9 Å². The number of aliphatic hydroxyl groups is 1. The van der Waals surface area contributed by atoms with Crippen LogP contribution in [-0.2, 0) is 14.3 Å². The van der Waals surface area contributed by atoms with Crippen LogP contribution >= 0.6 is 0 Å². The number of aliphatic hydroxyl groups excluding tert-OH is 1. The van der Waals surface area contributed by atoms with Gasteiger partial charge in [0.1, 0.15) is 6.23 Å². The van der Waals surface area contributed by atoms with Crippen molar-refractivity contribution in [1.29, 1.82) is 0 Å². The van der Waals surface area contributed by atoms with Gasteiger partial charge in [-0.3, -0.25) is 14.9 Å². The van der Waals surface area contributed by atoms with Gasteiger partial charge >= 0.3 is 0 Å². The molecule has 0 aromatic carbocycles. The zero-order valence-corrected chi connectivity index (χ0v) is 20.3. The van der Waals surface area contributed by atoms with Crippen LogP contribution in [0.4, 0.5) is 0 Å². The van der Waals surface area contributed by atoms with E-state index in [0.717, 1.165) is 32.1 Å². The summed E-state index contributed by atoms with van der Waals surface area (Å²) in [5.74, 6) is 0.345. The second-order valence-corrected chi connectivity index (χ2v) is 9.11. The summed E-state index contributed by atoms with van der Waals surface area (Å²) in [6.07, 6.45) is 4.56. The topological polar surface area (TPSA) is 105 Å². The largest absolute Gasteiger partial charge is 0.379 e. The summed E-state index contributed by atoms with van der Waals surface area (Å²) in [5.41, 5.74) is 5.27. The molecule has 0 fully saturated rings. The van der Waals surface area contributed by atoms with Crippen LogP contribution in [0.3, 0.4) is 0 Å². The highest BCUT2D eigenvalue weighted by molar-refractivity contribution is 5.76. The standard InChI is InChI=1S/C23H47N3O4/c1-8-17(4)22(26(6)21(28)14-16(2)3)19(30-7)15-20(27)25-13-11-9-10-12-18(5)23(24)29/h16-20,22,25,27H,8-15H2,1-7H3,(H2,24,29). The van der Waals surface area contributed by atoms with Gasteiger partial charge in [0.2, 0.25) is 11.8 Å². The highest BCUT2D eigenvalue weighted by Crippen LogP contribution is 2.23. The van der Waals surface area contributed by atoms with Gasteiger partial charge in [0.15, 0.2) is 0 Å². The lowest BCUT2D eigenvalue weighted by atomic mass is 9.90. The predicted molar refractivity (Wildman–Crippen MR) is 122 cm³/mol. The van der Waals surface area contributed by atoms with Gasteiger partial charge in [0.25, 0.3) is 0 Å². The third-order valence-corrected chi connectivity index (χ3v) is 5.97. The number of hydrogen-bond acceptors (Lipinski definition) is 5. The summed E-state index contributed by atoms with van der Waals surface area (Å²) in [7, 11) is 3.49. The quantitative estimate of drug-likeness (QED) is 0.244. The molecule has 0 aliphatic heterocycles. The Labute approximate surface area is 184 Å². The highest BCUT2D eigenvalue weighted by atomic mass is 16.5. The molecule has 4 N–H and O–H groups in total. The minimum Gasteiger partial charge on any atom is -0.379 e. The first kappa shape index (κ1) is 28.8. The second-order valence-electron chi connectivity index (χ2n) is 9.11. The summed E-state index contributed by atoms with van der Waals surface area (Å²) in [6.45, 7) is 10.9. The molecule has 0 saturated heterocycles. The van der Waals surface area contributed by atoms with Crippen LogP contribution < -0.4 is 11.1 Å². The highest BCUT2D eigenvalue weighted by Gasteiger charge is 2.33. The van der Waals surface area contributed by atoms with Gasteiger partial charge in [0.05, 0.1) is 12.1 Å². The summed E-state index contributed by atoms with van der Waals surface area (Å²) in [5, 5.41) is 13.6. The lowest BCUT2D eigenvalue weighted by Crippen LogP contribution is -2.51. The number of primary amides is 1. The number of likely N-dealkylation sites (N-methyl/N-ethyl adjacent to an activating group) is 1. The van der Waals surface area contributed by atoms with Crippen LogP contribution in [0.5, 0.6) is 0 Å². The van der Waals surface area contributed by atoms with Crippen LogP contribution in [-0.4, -0.2) is 60.9 Å². The molecule has 0 radical (unpaired) electrons. The van der Waals surface area contributed by atoms with Crippen molar-refractivity contribution in [2.45, 2.75) is 97.9 Å². The molecule has 0 bridgehead atoms. The van der Waals surface area contributed by atoms with E-state index in [2.05, 4.69) is 19.2 Å². The molecule has 0 aromatic rings. The average Bonchev–Trinajstić information content (AvgIpc) is 2.68. The number of carbonyl (C=O) groups is 2. The minimum atomic E-state index is -0.695. The van der Waals surface area contributed by atoms with Crippen molar-refractivity contribution in [3.05, 3.63) is 0 Å². The smallest absolute Gasteiger partial charge is 0.222 e. The van der Waals surface area contributed by atoms with Gasteiger partial charge in [-0.1, -0.05) is 53.9 Å². The fraction of sp³-hybridized carbons (Fsp3) is 0.913. The van der Waals surface area contributed by atoms with E-state index in [1.807, 2.05) is 32.7 Å². The van der Waals surface area contributed by atoms with Crippen molar-refractivity contribution in [3.63, 3.8) is 0 Å². The van der Waals surface area contributed by atoms with Gasteiger partial charge in [-0.25, -0.2) is 0 Å². The first-order chi connectivity index (χ1) is 14.0. The van der Waals surface area contributed by atoms with E-state index < -0.39 is 6.23 Å². The maximum absolute atomic E-state index is 12.6. The SMILES string of the molecule is CCC(C)C(C(CC(O)NCCCCCC(C)C(N)=O)OC)N(C)C(=O)CC(C)C. The van der Waals surface area contributed by atoms with E-state index in [0.29, 0.717) is 25.3 Å². The van der Waals surface area contributed by atoms with Crippen molar-refractivity contribution < 1.29 is 19.4 Å². The lowest BCUT2D eigenvalue weighted by molar-refractivity contribution is -0.138. The van der Waals surface area contributed by atoms with Crippen LogP contribution in [0.15, 0.2) is 0 Å². The number of carbonyl (C=O) groups excluding carboxylic acids is 2. The Kier molecular flexibility index (Phi) is 15.0. The molecule has 0 saturated carbocycles. The first-order valence-corrected chi connectivity index (χ1v) is 11.5. The van der Waals surface area contributed by atoms with Gasteiger partial charge in [-0.15, -0.1) is 0 Å². The summed E-state index contributed by atoms with van der Waals surface area (Å²) in [4.78, 5) is 25.5. The molecule has 0 spiro atoms. The van der Waals surface area contributed by atoms with E-state index in [9.17, 15) is 14.7 Å². The van der Waals surface area contributed by atoms with Crippen LogP contribution in [0, 0.1) is 17.8 Å². The minimum absolute atomic E-state index is 0.0844. The molecule has 7 heteroatoms. The molecule has 0 rings (SSSR count). The number of amides is 2. The normalized spacial score (nSPS) is 16.7. The Morgan fingerprint density at radius 3 is 2.27 bits per heavy atom. The molecular weight excluding hydrogens is 382 g/mol. The van der Waals surface area contributed by atoms with Crippen LogP contribution in [0.25, 0.3) is 0 Å². The van der Waals surface area contributed by atoms with E-state index >= 15 is 0 Å². The second kappa shape index (κ2) is 15.6. The van der Waals surface area contributed by atoms with Gasteiger partial charge in [-0.2, -0.15) is 0 Å². The molecule has 178 valence electrons. The Bertz CT molecular complexity index is 487. The third-order valence-electron chi connectivity index (χ3n) is 5.97. The average molecular weight is 430 g/mol. The van der Waals surface area contributed by atoms with Crippen molar-refractivity contribution in [3.8, 4) is 0 Å². The molecule has 7 nitrogen and oxygen atoms in total. The molecule has 0 aliphatic rings. The Hall–Kier alpha value is -1.18. The Balaban J connectivity index is 4.63. The number of rotatable bonds is 17. The fourth-order valence-corrected chi connectivity index (χ4v) is 3.74. The first-order valence-electron chi connectivity index (χ1n) is 11.5. The number of methoxy groups -OCH3 is 1. The molecule has 5 atom stereocenters. The lowest BCUT2D eigenvalue weighted by Gasteiger charge is -2.39. The van der Waals surface area contributed by atoms with Crippen LogP contribution in [0.1, 0.15) is 79.6 Å². The number of nitrogens with zero attached hydrogens (tertiary/aromatic N) is 1. The van der Waals surface area contributed by atoms with Crippen molar-refractivity contribution in [2.75, 3.05) is 20.7 Å². The summed E-state index contributed by atoms with van der Waals surface area (Å²) >= 11 is 0. The maximum Gasteiger partial charge on any atom is 0.222 e. The molecule has 2 amide bonds. The molecule has 30 heavy (non-hydrogen) atoms. The van der Waals surface area contributed by atoms with E-state index in [1.165, 1.54) is 0 Å². The zero-order chi connectivity index (χ0) is 23.3. The third kappa shape index (κ3) is 11.3. The Morgan fingerprint density at radius 2 is 1.77 bits per heavy atom. The van der Waals surface area contributed by atoms with Crippen molar-refractivity contribution in [1.82, 2.24) is 10.2 Å². The number of unbranched alkanes of at least 4 members (excludes halogenated alkanes) is 2. The molecule has 0 aliphatic carbocycles. The van der Waals surface area contributed by atoms with Gasteiger partial charge < -0.3 is 20.5 Å². The summed E-state index contributed by atoms with van der Waals surface area (Å²) in [6, 6.07) is -0.0852. The monoisotopic (exact) mass is 429 g/mol. The molecule has 0 heterocycles. The van der Waals surface area contributed by atoms with E-state index in [1.54, 1.807) is 7.11 Å². The summed E-state index contributed by atoms with van der Waals surface area (Å²) < 4.78 is 5.74. The van der Waals surface area contributed by atoms with Gasteiger partial charge in [-0.05, 0) is 31.2 Å². The number of nitrogens with two attached hydrogens (primary N) is 1. The van der Waals surface area contributed by atoms with E-state index in [-0.39, 0.29) is 35.8 Å². The predicted octanol–water partition coefficient (Wildman–Crippen LogP) is 2.90. The Morgan fingerprint density at radius 1 is 1.13 bits per heavy atom. The number of hydrogen-bond donors (Lipinski definition) is 3. The molecular formula is C23H47N3O4. The molecule has 5 unspecified atom stereocenters. The zero-order valence-electron chi connectivity index (χ0n) is 20.3. The van der Waals surface area contributed by atoms with Crippen molar-refractivity contribution in [2.24, 2.45) is 23.5 Å². The number of ether oxygens (including phenoxy) is 1.